The zero-order valence-electron chi connectivity index (χ0n) is 10.5. The van der Waals surface area contributed by atoms with Crippen molar-refractivity contribution in [3.05, 3.63) is 18.5 Å². The van der Waals surface area contributed by atoms with Crippen LogP contribution in [0.3, 0.4) is 0 Å². The topological polar surface area (TPSA) is 37.8 Å². The fraction of sp³-hybridized carbons (Fsp3) is 0.615. The van der Waals surface area contributed by atoms with Crippen molar-refractivity contribution in [1.29, 1.82) is 0 Å². The smallest absolute Gasteiger partial charge is 0.0642 e. The quantitative estimate of drug-likeness (QED) is 0.773. The summed E-state index contributed by atoms with van der Waals surface area (Å²) in [5, 5.41) is 0. The molecule has 1 aromatic rings. The zero-order valence-corrected chi connectivity index (χ0v) is 10.5. The van der Waals surface area contributed by atoms with Crippen molar-refractivity contribution in [2.75, 3.05) is 62.4 Å². The Morgan fingerprint density at radius 3 is 1.67 bits per heavy atom. The largest absolute Gasteiger partial charge is 0.378 e. The molecule has 2 saturated heterocycles. The molecule has 3 heterocycles. The van der Waals surface area contributed by atoms with Gasteiger partial charge in [-0.2, -0.15) is 0 Å². The molecule has 0 N–H and O–H groups in total. The molecular formula is C13H19N3O2. The summed E-state index contributed by atoms with van der Waals surface area (Å²) in [7, 11) is 0. The van der Waals surface area contributed by atoms with E-state index in [9.17, 15) is 0 Å². The van der Waals surface area contributed by atoms with Crippen molar-refractivity contribution in [3.63, 3.8) is 0 Å². The van der Waals surface area contributed by atoms with E-state index in [1.807, 2.05) is 12.4 Å². The van der Waals surface area contributed by atoms with E-state index in [-0.39, 0.29) is 0 Å². The summed E-state index contributed by atoms with van der Waals surface area (Å²) in [5.74, 6) is 0. The molecule has 1 aromatic heterocycles. The number of morpholine rings is 2. The molecule has 0 spiro atoms. The Morgan fingerprint density at radius 2 is 1.22 bits per heavy atom. The Hall–Kier alpha value is -1.33. The van der Waals surface area contributed by atoms with E-state index < -0.39 is 0 Å². The highest BCUT2D eigenvalue weighted by Crippen LogP contribution is 2.22. The van der Waals surface area contributed by atoms with Crippen LogP contribution in [0.5, 0.6) is 0 Å². The van der Waals surface area contributed by atoms with Crippen LogP contribution in [-0.4, -0.2) is 57.6 Å². The molecule has 98 valence electrons. The maximum absolute atomic E-state index is 5.38. The molecule has 0 atom stereocenters. The van der Waals surface area contributed by atoms with Crippen LogP contribution in [0.15, 0.2) is 18.5 Å². The Balaban J connectivity index is 1.75. The first kappa shape index (κ1) is 11.7. The molecule has 2 aliphatic rings. The van der Waals surface area contributed by atoms with Crippen LogP contribution in [0.4, 0.5) is 11.4 Å². The number of pyridine rings is 1. The summed E-state index contributed by atoms with van der Waals surface area (Å²) in [4.78, 5) is 9.04. The van der Waals surface area contributed by atoms with Gasteiger partial charge in [0.15, 0.2) is 0 Å². The third-order valence-electron chi connectivity index (χ3n) is 3.46. The van der Waals surface area contributed by atoms with Gasteiger partial charge in [-0.25, -0.2) is 0 Å². The molecule has 0 aliphatic carbocycles. The lowest BCUT2D eigenvalue weighted by molar-refractivity contribution is 0.122. The van der Waals surface area contributed by atoms with Gasteiger partial charge in [-0.05, 0) is 6.07 Å². The Bertz CT molecular complexity index is 354. The van der Waals surface area contributed by atoms with Gasteiger partial charge in [0, 0.05) is 26.2 Å². The molecule has 5 nitrogen and oxygen atoms in total. The number of anilines is 2. The van der Waals surface area contributed by atoms with E-state index in [2.05, 4.69) is 20.9 Å². The molecule has 0 aromatic carbocycles. The highest BCUT2D eigenvalue weighted by molar-refractivity contribution is 5.57. The predicted octanol–water partition coefficient (Wildman–Crippen LogP) is 0.755. The maximum atomic E-state index is 5.38. The van der Waals surface area contributed by atoms with Crippen LogP contribution in [0.25, 0.3) is 0 Å². The van der Waals surface area contributed by atoms with Gasteiger partial charge in [0.05, 0.1) is 50.2 Å². The van der Waals surface area contributed by atoms with E-state index in [0.717, 1.165) is 52.6 Å². The first-order valence-electron chi connectivity index (χ1n) is 6.54. The highest BCUT2D eigenvalue weighted by Gasteiger charge is 2.15. The minimum Gasteiger partial charge on any atom is -0.378 e. The average Bonchev–Trinajstić information content (AvgIpc) is 2.49. The van der Waals surface area contributed by atoms with Crippen LogP contribution in [0.2, 0.25) is 0 Å². The molecular weight excluding hydrogens is 230 g/mol. The first-order valence-corrected chi connectivity index (χ1v) is 6.54. The molecule has 18 heavy (non-hydrogen) atoms. The van der Waals surface area contributed by atoms with Crippen molar-refractivity contribution in [3.8, 4) is 0 Å². The summed E-state index contributed by atoms with van der Waals surface area (Å²) in [6.07, 6.45) is 3.88. The fourth-order valence-corrected chi connectivity index (χ4v) is 2.41. The molecule has 2 aliphatic heterocycles. The van der Waals surface area contributed by atoms with Crippen LogP contribution >= 0.6 is 0 Å². The maximum Gasteiger partial charge on any atom is 0.0642 e. The van der Waals surface area contributed by atoms with Gasteiger partial charge in [-0.3, -0.25) is 4.98 Å². The van der Waals surface area contributed by atoms with Crippen molar-refractivity contribution in [2.24, 2.45) is 0 Å². The molecule has 0 unspecified atom stereocenters. The Labute approximate surface area is 107 Å². The molecule has 0 saturated carbocycles. The number of nitrogens with zero attached hydrogens (tertiary/aromatic N) is 3. The standard InChI is InChI=1S/C13H19N3O2/c1-5-17-6-2-15(1)12-9-13(11-14-10-12)16-3-7-18-8-4-16/h9-11H,1-8H2. The van der Waals surface area contributed by atoms with Gasteiger partial charge < -0.3 is 19.3 Å². The van der Waals surface area contributed by atoms with Crippen molar-refractivity contribution < 1.29 is 9.47 Å². The monoisotopic (exact) mass is 249 g/mol. The van der Waals surface area contributed by atoms with Crippen LogP contribution < -0.4 is 9.80 Å². The molecule has 0 bridgehead atoms. The minimum atomic E-state index is 0.807. The second-order valence-corrected chi connectivity index (χ2v) is 4.60. The summed E-state index contributed by atoms with van der Waals surface area (Å²) in [6.45, 7) is 7.04. The van der Waals surface area contributed by atoms with E-state index in [1.54, 1.807) is 0 Å². The van der Waals surface area contributed by atoms with Crippen LogP contribution in [-0.2, 0) is 9.47 Å². The van der Waals surface area contributed by atoms with E-state index in [0.29, 0.717) is 0 Å². The summed E-state index contributed by atoms with van der Waals surface area (Å²) in [6, 6.07) is 2.23. The fourth-order valence-electron chi connectivity index (χ4n) is 2.41. The highest BCUT2D eigenvalue weighted by atomic mass is 16.5. The summed E-state index contributed by atoms with van der Waals surface area (Å²) in [5.41, 5.74) is 2.39. The molecule has 5 heteroatoms. The second kappa shape index (κ2) is 5.54. The summed E-state index contributed by atoms with van der Waals surface area (Å²) >= 11 is 0. The first-order chi connectivity index (χ1) is 8.93. The third-order valence-corrected chi connectivity index (χ3v) is 3.46. The SMILES string of the molecule is c1ncc(N2CCOCC2)cc1N1CCOCC1. The average molecular weight is 249 g/mol. The minimum absolute atomic E-state index is 0.807. The number of hydrogen-bond donors (Lipinski definition) is 0. The third kappa shape index (κ3) is 2.57. The number of hydrogen-bond acceptors (Lipinski definition) is 5. The lowest BCUT2D eigenvalue weighted by Crippen LogP contribution is -2.38. The predicted molar refractivity (Wildman–Crippen MR) is 70.3 cm³/mol. The lowest BCUT2D eigenvalue weighted by Gasteiger charge is -2.31. The number of ether oxygens (including phenoxy) is 2. The van der Waals surface area contributed by atoms with Crippen LogP contribution in [0.1, 0.15) is 0 Å². The number of rotatable bonds is 2. The lowest BCUT2D eigenvalue weighted by atomic mass is 10.2. The number of aromatic nitrogens is 1. The molecule has 0 radical (unpaired) electrons. The van der Waals surface area contributed by atoms with E-state index in [1.165, 1.54) is 11.4 Å². The Kier molecular flexibility index (Phi) is 3.61. The summed E-state index contributed by atoms with van der Waals surface area (Å²) < 4.78 is 10.8. The van der Waals surface area contributed by atoms with Crippen LogP contribution in [0, 0.1) is 0 Å². The van der Waals surface area contributed by atoms with Gasteiger partial charge in [-0.1, -0.05) is 0 Å². The molecule has 3 rings (SSSR count). The van der Waals surface area contributed by atoms with Gasteiger partial charge in [-0.15, -0.1) is 0 Å². The van der Waals surface area contributed by atoms with Gasteiger partial charge in [0.25, 0.3) is 0 Å². The van der Waals surface area contributed by atoms with Crippen molar-refractivity contribution >= 4 is 11.4 Å². The molecule has 2 fully saturated rings. The van der Waals surface area contributed by atoms with Crippen molar-refractivity contribution in [2.45, 2.75) is 0 Å². The van der Waals surface area contributed by atoms with Crippen molar-refractivity contribution in [1.82, 2.24) is 4.98 Å². The molecule has 0 amide bonds. The van der Waals surface area contributed by atoms with Gasteiger partial charge in [0.1, 0.15) is 0 Å². The second-order valence-electron chi connectivity index (χ2n) is 4.60. The van der Waals surface area contributed by atoms with Gasteiger partial charge >= 0.3 is 0 Å². The van der Waals surface area contributed by atoms with E-state index in [4.69, 9.17) is 9.47 Å². The normalized spacial score (nSPS) is 21.1. The van der Waals surface area contributed by atoms with Gasteiger partial charge in [0.2, 0.25) is 0 Å². The van der Waals surface area contributed by atoms with E-state index >= 15 is 0 Å². The Morgan fingerprint density at radius 1 is 0.778 bits per heavy atom. The zero-order chi connectivity index (χ0) is 12.2.